The number of esters is 3. The van der Waals surface area contributed by atoms with Gasteiger partial charge in [0.25, 0.3) is 0 Å². The minimum absolute atomic E-state index is 0.0702. The van der Waals surface area contributed by atoms with E-state index in [1.807, 2.05) is 25.9 Å². The minimum atomic E-state index is -0.767. The Bertz CT molecular complexity index is 953. The fourth-order valence-electron chi connectivity index (χ4n) is 5.22. The van der Waals surface area contributed by atoms with Crippen molar-refractivity contribution in [3.63, 3.8) is 0 Å². The topological polar surface area (TPSA) is 108 Å². The minimum Gasteiger partial charge on any atom is -0.461 e. The molecule has 5 rings (SSSR count). The lowest BCUT2D eigenvalue weighted by Gasteiger charge is -2.34. The van der Waals surface area contributed by atoms with Crippen LogP contribution >= 0.6 is 0 Å². The maximum Gasteiger partial charge on any atom is 0.374 e. The molecule has 1 aliphatic carbocycles. The van der Waals surface area contributed by atoms with Crippen LogP contribution in [0, 0.1) is 17.8 Å². The summed E-state index contributed by atoms with van der Waals surface area (Å²) in [5, 5.41) is 0. The van der Waals surface area contributed by atoms with Crippen molar-refractivity contribution < 1.29 is 37.7 Å². The Morgan fingerprint density at radius 2 is 2.03 bits per heavy atom. The molecule has 3 aliphatic heterocycles. The summed E-state index contributed by atoms with van der Waals surface area (Å²) in [5.41, 5.74) is -0.671. The smallest absolute Gasteiger partial charge is 0.374 e. The summed E-state index contributed by atoms with van der Waals surface area (Å²) in [7, 11) is 3.63. The highest BCUT2D eigenvalue weighted by atomic mass is 16.7. The Labute approximate surface area is 179 Å². The van der Waals surface area contributed by atoms with Crippen LogP contribution in [-0.4, -0.2) is 66.9 Å². The number of rotatable bonds is 3. The number of epoxide rings is 1. The highest BCUT2D eigenvalue weighted by molar-refractivity contribution is 5.86. The predicted octanol–water partition coefficient (Wildman–Crippen LogP) is 1.53. The van der Waals surface area contributed by atoms with Crippen LogP contribution in [0.25, 0.3) is 0 Å². The second-order valence-electron chi connectivity index (χ2n) is 9.16. The van der Waals surface area contributed by atoms with Gasteiger partial charge in [-0.05, 0) is 39.2 Å². The third-order valence-electron chi connectivity index (χ3n) is 6.85. The van der Waals surface area contributed by atoms with Gasteiger partial charge < -0.3 is 28.3 Å². The van der Waals surface area contributed by atoms with E-state index in [9.17, 15) is 14.4 Å². The molecule has 31 heavy (non-hydrogen) atoms. The van der Waals surface area contributed by atoms with Crippen LogP contribution in [0.3, 0.4) is 0 Å². The summed E-state index contributed by atoms with van der Waals surface area (Å²) in [6.45, 7) is 3.69. The van der Waals surface area contributed by atoms with Gasteiger partial charge in [-0.25, -0.2) is 4.79 Å². The third-order valence-corrected chi connectivity index (χ3v) is 6.85. The highest BCUT2D eigenvalue weighted by Gasteiger charge is 2.65. The Balaban J connectivity index is 1.55. The van der Waals surface area contributed by atoms with E-state index in [2.05, 4.69) is 0 Å². The number of nitrogens with zero attached hydrogens (tertiary/aromatic N) is 1. The average Bonchev–Trinajstić information content (AvgIpc) is 3.08. The summed E-state index contributed by atoms with van der Waals surface area (Å²) in [6, 6.07) is 2.59. The number of ether oxygens (including phenoxy) is 4. The zero-order chi connectivity index (χ0) is 22.1. The van der Waals surface area contributed by atoms with Crippen molar-refractivity contribution in [2.24, 2.45) is 17.8 Å². The van der Waals surface area contributed by atoms with Gasteiger partial charge in [0.1, 0.15) is 24.1 Å². The quantitative estimate of drug-likeness (QED) is 0.400. The molecule has 4 aliphatic rings. The Morgan fingerprint density at radius 1 is 1.26 bits per heavy atom. The Hall–Kier alpha value is -2.65. The Kier molecular flexibility index (Phi) is 4.53. The standard InChI is InChI=1S/C22H25NO8/c1-10-15-13-8-11(20(25)28-13)16(23(3)4)17(30-21(26)12-6-5-7-27-12)18-22(2,31-18)9-14(15)29-19(10)24/h5-8,10-11,14-18H,9H2,1-4H3. The van der Waals surface area contributed by atoms with Crippen LogP contribution in [0.2, 0.25) is 0 Å². The van der Waals surface area contributed by atoms with Gasteiger partial charge in [0.15, 0.2) is 0 Å². The molecular formula is C22H25NO8. The van der Waals surface area contributed by atoms with E-state index in [0.717, 1.165) is 0 Å². The highest BCUT2D eigenvalue weighted by Crippen LogP contribution is 2.51. The van der Waals surface area contributed by atoms with Crippen LogP contribution in [0.5, 0.6) is 0 Å². The molecule has 0 spiro atoms. The van der Waals surface area contributed by atoms with Gasteiger partial charge in [-0.2, -0.15) is 0 Å². The predicted molar refractivity (Wildman–Crippen MR) is 103 cm³/mol. The number of carbonyl (C=O) groups excluding carboxylic acids is 3. The van der Waals surface area contributed by atoms with E-state index in [0.29, 0.717) is 12.2 Å². The molecule has 8 unspecified atom stereocenters. The van der Waals surface area contributed by atoms with Crippen molar-refractivity contribution in [2.75, 3.05) is 14.1 Å². The van der Waals surface area contributed by atoms with E-state index in [4.69, 9.17) is 23.4 Å². The van der Waals surface area contributed by atoms with Gasteiger partial charge in [-0.15, -0.1) is 0 Å². The summed E-state index contributed by atoms with van der Waals surface area (Å²) >= 11 is 0. The molecule has 0 amide bonds. The van der Waals surface area contributed by atoms with Crippen molar-refractivity contribution in [2.45, 2.75) is 50.2 Å². The molecule has 0 radical (unpaired) electrons. The normalized spacial score (nSPS) is 41.1. The average molecular weight is 431 g/mol. The lowest BCUT2D eigenvalue weighted by molar-refractivity contribution is -0.145. The van der Waals surface area contributed by atoms with Crippen LogP contribution in [0.4, 0.5) is 0 Å². The number of hydrogen-bond acceptors (Lipinski definition) is 9. The van der Waals surface area contributed by atoms with Gasteiger partial charge in [0.05, 0.1) is 35.7 Å². The first kappa shape index (κ1) is 20.3. The monoisotopic (exact) mass is 431 g/mol. The molecule has 1 aromatic heterocycles. The van der Waals surface area contributed by atoms with Crippen LogP contribution in [0.15, 0.2) is 34.6 Å². The lowest BCUT2D eigenvalue weighted by Crippen LogP contribution is -2.51. The second-order valence-corrected chi connectivity index (χ2v) is 9.16. The molecule has 0 N–H and O–H groups in total. The number of fused-ring (bicyclic) bond motifs is 4. The van der Waals surface area contributed by atoms with E-state index >= 15 is 0 Å². The first-order valence-electron chi connectivity index (χ1n) is 10.4. The molecule has 166 valence electrons. The van der Waals surface area contributed by atoms with Gasteiger partial charge in [0.2, 0.25) is 5.76 Å². The molecule has 9 nitrogen and oxygen atoms in total. The van der Waals surface area contributed by atoms with Crippen LogP contribution < -0.4 is 0 Å². The molecule has 2 fully saturated rings. The molecule has 9 heteroatoms. The van der Waals surface area contributed by atoms with Crippen LogP contribution in [0.1, 0.15) is 30.8 Å². The van der Waals surface area contributed by atoms with E-state index in [1.165, 1.54) is 12.3 Å². The largest absolute Gasteiger partial charge is 0.461 e. The van der Waals surface area contributed by atoms with Gasteiger partial charge in [0, 0.05) is 6.42 Å². The van der Waals surface area contributed by atoms with Crippen molar-refractivity contribution in [3.05, 3.63) is 36.0 Å². The van der Waals surface area contributed by atoms with Gasteiger partial charge in [-0.1, -0.05) is 6.92 Å². The molecule has 4 heterocycles. The summed E-state index contributed by atoms with van der Waals surface area (Å²) in [5.74, 6) is -2.34. The molecular weight excluding hydrogens is 406 g/mol. The maximum atomic E-state index is 12.9. The van der Waals surface area contributed by atoms with Gasteiger partial charge >= 0.3 is 17.9 Å². The molecule has 2 saturated heterocycles. The molecule has 1 aromatic rings. The SMILES string of the molecule is CC1C(=O)OC2CC3(C)OC3C(OC(=O)c3ccco3)C(N(C)C)C3C=C(OC3=O)C21. The third kappa shape index (κ3) is 3.18. The maximum absolute atomic E-state index is 12.9. The second kappa shape index (κ2) is 6.93. The zero-order valence-electron chi connectivity index (χ0n) is 17.8. The van der Waals surface area contributed by atoms with E-state index in [-0.39, 0.29) is 17.6 Å². The van der Waals surface area contributed by atoms with Gasteiger partial charge in [-0.3, -0.25) is 9.59 Å². The summed E-state index contributed by atoms with van der Waals surface area (Å²) in [4.78, 5) is 39.8. The molecule has 2 bridgehead atoms. The van der Waals surface area contributed by atoms with Crippen molar-refractivity contribution in [1.82, 2.24) is 4.90 Å². The number of likely N-dealkylation sites (N-methyl/N-ethyl adjacent to an activating group) is 1. The summed E-state index contributed by atoms with van der Waals surface area (Å²) in [6.07, 6.45) is 1.83. The van der Waals surface area contributed by atoms with Crippen molar-refractivity contribution >= 4 is 17.9 Å². The van der Waals surface area contributed by atoms with E-state index < -0.39 is 53.7 Å². The summed E-state index contributed by atoms with van der Waals surface area (Å²) < 4.78 is 28.4. The van der Waals surface area contributed by atoms with Crippen molar-refractivity contribution in [1.29, 1.82) is 0 Å². The van der Waals surface area contributed by atoms with E-state index in [1.54, 1.807) is 19.1 Å². The number of carbonyl (C=O) groups is 3. The molecule has 8 atom stereocenters. The Morgan fingerprint density at radius 3 is 2.71 bits per heavy atom. The first-order chi connectivity index (χ1) is 14.7. The first-order valence-corrected chi connectivity index (χ1v) is 10.4. The number of hydrogen-bond donors (Lipinski definition) is 0. The molecule has 0 aromatic carbocycles. The van der Waals surface area contributed by atoms with Crippen molar-refractivity contribution in [3.8, 4) is 0 Å². The number of furan rings is 1. The fourth-order valence-corrected chi connectivity index (χ4v) is 5.22. The fraction of sp³-hybridized carbons (Fsp3) is 0.591. The molecule has 0 saturated carbocycles. The van der Waals surface area contributed by atoms with Crippen LogP contribution in [-0.2, 0) is 28.5 Å². The lowest BCUT2D eigenvalue weighted by atomic mass is 9.80. The zero-order valence-corrected chi connectivity index (χ0v) is 17.8.